The van der Waals surface area contributed by atoms with Crippen molar-refractivity contribution >= 4 is 29.0 Å². The Morgan fingerprint density at radius 3 is 2.55 bits per heavy atom. The van der Waals surface area contributed by atoms with Gasteiger partial charge in [0.2, 0.25) is 0 Å². The molecule has 3 atom stereocenters. The quantitative estimate of drug-likeness (QED) is 0.634. The zero-order valence-corrected chi connectivity index (χ0v) is 19.2. The van der Waals surface area contributed by atoms with E-state index in [0.29, 0.717) is 18.1 Å². The molecular formula is C23H30N2O2S2. The van der Waals surface area contributed by atoms with E-state index in [1.807, 2.05) is 18.4 Å². The van der Waals surface area contributed by atoms with Crippen molar-refractivity contribution in [3.8, 4) is 5.75 Å². The molecule has 2 aliphatic rings. The summed E-state index contributed by atoms with van der Waals surface area (Å²) in [5.41, 5.74) is 2.54. The minimum Gasteiger partial charge on any atom is -0.496 e. The Bertz CT molecular complexity index is 868. The van der Waals surface area contributed by atoms with Gasteiger partial charge in [0.05, 0.1) is 16.2 Å². The maximum atomic E-state index is 12.7. The highest BCUT2D eigenvalue weighted by molar-refractivity contribution is 8.00. The zero-order chi connectivity index (χ0) is 20.5. The zero-order valence-electron chi connectivity index (χ0n) is 17.6. The maximum Gasteiger partial charge on any atom is 0.261 e. The highest BCUT2D eigenvalue weighted by atomic mass is 32.2. The number of nitrogens with zero attached hydrogens (tertiary/aromatic N) is 1. The highest BCUT2D eigenvalue weighted by Crippen LogP contribution is 2.42. The molecule has 0 spiro atoms. The number of rotatable bonds is 6. The fourth-order valence-electron chi connectivity index (χ4n) is 5.11. The lowest BCUT2D eigenvalue weighted by Gasteiger charge is -2.43. The summed E-state index contributed by atoms with van der Waals surface area (Å²) in [6.07, 6.45) is 6.59. The topological polar surface area (TPSA) is 41.6 Å². The van der Waals surface area contributed by atoms with E-state index in [1.165, 1.54) is 28.2 Å². The Morgan fingerprint density at radius 2 is 1.97 bits per heavy atom. The molecule has 2 saturated heterocycles. The van der Waals surface area contributed by atoms with Crippen LogP contribution in [0.5, 0.6) is 5.75 Å². The monoisotopic (exact) mass is 430 g/mol. The van der Waals surface area contributed by atoms with Gasteiger partial charge in [-0.05, 0) is 75.1 Å². The summed E-state index contributed by atoms with van der Waals surface area (Å²) in [5.74, 6) is 1.04. The molecule has 2 aliphatic heterocycles. The van der Waals surface area contributed by atoms with Crippen LogP contribution >= 0.6 is 23.1 Å². The first-order valence-electron chi connectivity index (χ1n) is 10.4. The van der Waals surface area contributed by atoms with Crippen LogP contribution in [0, 0.1) is 6.92 Å². The van der Waals surface area contributed by atoms with Crippen molar-refractivity contribution in [1.29, 1.82) is 0 Å². The van der Waals surface area contributed by atoms with Crippen LogP contribution < -0.4 is 10.1 Å². The molecule has 4 nitrogen and oxygen atoms in total. The molecule has 29 heavy (non-hydrogen) atoms. The van der Waals surface area contributed by atoms with Gasteiger partial charge >= 0.3 is 0 Å². The third kappa shape index (κ3) is 4.21. The van der Waals surface area contributed by atoms with E-state index in [9.17, 15) is 4.79 Å². The number of hydrogen-bond donors (Lipinski definition) is 1. The number of benzene rings is 1. The number of aryl methyl sites for hydroxylation is 1. The standard InChI is InChI=1S/C23H30N2O2S2/c1-14-11-16(5-8-20(14)27-3)15(2)25-18-6-7-19(25)13-17(12-18)24-23(26)21-9-10-22(28-4)29-21/h5,8-11,15,17-19H,6-7,12-13H2,1-4H3,(H,24,26). The SMILES string of the molecule is COc1ccc(C(C)N2C3CCC2CC(NC(=O)c2ccc(SC)s2)C3)cc1C. The molecule has 1 aromatic heterocycles. The second-order valence-electron chi connectivity index (χ2n) is 8.20. The fraction of sp³-hybridized carbons (Fsp3) is 0.522. The van der Waals surface area contributed by atoms with Gasteiger partial charge in [0, 0.05) is 24.2 Å². The molecule has 0 aliphatic carbocycles. The van der Waals surface area contributed by atoms with Gasteiger partial charge in [-0.25, -0.2) is 0 Å². The van der Waals surface area contributed by atoms with Crippen molar-refractivity contribution in [2.45, 2.75) is 67.9 Å². The Balaban J connectivity index is 1.42. The van der Waals surface area contributed by atoms with Crippen LogP contribution in [0.15, 0.2) is 34.5 Å². The average molecular weight is 431 g/mol. The van der Waals surface area contributed by atoms with Crippen molar-refractivity contribution in [3.05, 3.63) is 46.3 Å². The third-order valence-corrected chi connectivity index (χ3v) is 8.65. The Labute approximate surface area is 182 Å². The van der Waals surface area contributed by atoms with Gasteiger partial charge < -0.3 is 10.1 Å². The molecule has 2 aromatic rings. The number of carbonyl (C=O) groups excluding carboxylic acids is 1. The molecule has 1 amide bonds. The molecule has 0 radical (unpaired) electrons. The molecule has 2 fully saturated rings. The van der Waals surface area contributed by atoms with Gasteiger partial charge in [-0.2, -0.15) is 0 Å². The van der Waals surface area contributed by atoms with Gasteiger partial charge in [-0.3, -0.25) is 9.69 Å². The largest absolute Gasteiger partial charge is 0.496 e. The Kier molecular flexibility index (Phi) is 6.23. The van der Waals surface area contributed by atoms with E-state index in [4.69, 9.17) is 4.74 Å². The molecular weight excluding hydrogens is 400 g/mol. The molecule has 156 valence electrons. The first-order valence-corrected chi connectivity index (χ1v) is 12.4. The number of fused-ring (bicyclic) bond motifs is 2. The number of nitrogens with one attached hydrogen (secondary N) is 1. The van der Waals surface area contributed by atoms with Crippen LogP contribution in [0.1, 0.15) is 59.4 Å². The lowest BCUT2D eigenvalue weighted by Crippen LogP contribution is -2.50. The minimum atomic E-state index is 0.0898. The summed E-state index contributed by atoms with van der Waals surface area (Å²) in [4.78, 5) is 16.2. The minimum absolute atomic E-state index is 0.0898. The van der Waals surface area contributed by atoms with Crippen molar-refractivity contribution in [2.24, 2.45) is 0 Å². The molecule has 3 heterocycles. The second kappa shape index (κ2) is 8.70. The molecule has 1 aromatic carbocycles. The number of hydrogen-bond acceptors (Lipinski definition) is 5. The summed E-state index contributed by atoms with van der Waals surface area (Å²) >= 11 is 3.28. The summed E-state index contributed by atoms with van der Waals surface area (Å²) < 4.78 is 6.61. The summed E-state index contributed by atoms with van der Waals surface area (Å²) in [7, 11) is 1.73. The van der Waals surface area contributed by atoms with E-state index in [-0.39, 0.29) is 11.9 Å². The van der Waals surface area contributed by atoms with Crippen molar-refractivity contribution in [3.63, 3.8) is 0 Å². The average Bonchev–Trinajstić information content (AvgIpc) is 3.30. The van der Waals surface area contributed by atoms with Gasteiger partial charge in [-0.15, -0.1) is 23.1 Å². The van der Waals surface area contributed by atoms with Gasteiger partial charge in [0.25, 0.3) is 5.91 Å². The number of carbonyl (C=O) groups is 1. The molecule has 1 N–H and O–H groups in total. The number of amides is 1. The number of methoxy groups -OCH3 is 1. The molecule has 3 unspecified atom stereocenters. The summed E-state index contributed by atoms with van der Waals surface area (Å²) in [6.45, 7) is 4.43. The smallest absolute Gasteiger partial charge is 0.261 e. The predicted molar refractivity (Wildman–Crippen MR) is 121 cm³/mol. The van der Waals surface area contributed by atoms with Crippen LogP contribution in [0.25, 0.3) is 0 Å². The van der Waals surface area contributed by atoms with Crippen LogP contribution in [0.3, 0.4) is 0 Å². The van der Waals surface area contributed by atoms with E-state index in [1.54, 1.807) is 30.2 Å². The first kappa shape index (κ1) is 20.8. The third-order valence-electron chi connectivity index (χ3n) is 6.48. The fourth-order valence-corrected chi connectivity index (χ4v) is 6.55. The summed E-state index contributed by atoms with van der Waals surface area (Å²) in [5, 5.41) is 3.32. The van der Waals surface area contributed by atoms with Crippen LogP contribution in [0.4, 0.5) is 0 Å². The molecule has 4 rings (SSSR count). The van der Waals surface area contributed by atoms with E-state index >= 15 is 0 Å². The lowest BCUT2D eigenvalue weighted by molar-refractivity contribution is 0.0693. The van der Waals surface area contributed by atoms with E-state index in [0.717, 1.165) is 23.5 Å². The molecule has 6 heteroatoms. The first-order chi connectivity index (χ1) is 14.0. The van der Waals surface area contributed by atoms with E-state index in [2.05, 4.69) is 42.3 Å². The maximum absolute atomic E-state index is 12.7. The van der Waals surface area contributed by atoms with Crippen molar-refractivity contribution in [1.82, 2.24) is 10.2 Å². The van der Waals surface area contributed by atoms with Crippen molar-refractivity contribution in [2.75, 3.05) is 13.4 Å². The number of thioether (sulfide) groups is 1. The lowest BCUT2D eigenvalue weighted by atomic mass is 9.93. The predicted octanol–water partition coefficient (Wildman–Crippen LogP) is 5.27. The Morgan fingerprint density at radius 1 is 1.24 bits per heavy atom. The number of thiophene rings is 1. The summed E-state index contributed by atoms with van der Waals surface area (Å²) in [6, 6.07) is 12.3. The van der Waals surface area contributed by atoms with Gasteiger partial charge in [0.15, 0.2) is 0 Å². The highest BCUT2D eigenvalue weighted by Gasteiger charge is 2.43. The van der Waals surface area contributed by atoms with Gasteiger partial charge in [-0.1, -0.05) is 12.1 Å². The number of piperidine rings is 1. The van der Waals surface area contributed by atoms with Crippen LogP contribution in [-0.2, 0) is 0 Å². The van der Waals surface area contributed by atoms with Gasteiger partial charge in [0.1, 0.15) is 5.75 Å². The van der Waals surface area contributed by atoms with E-state index < -0.39 is 0 Å². The molecule has 0 saturated carbocycles. The van der Waals surface area contributed by atoms with Crippen LogP contribution in [-0.4, -0.2) is 42.3 Å². The normalized spacial score (nSPS) is 25.0. The Hall–Kier alpha value is -1.50. The molecule has 2 bridgehead atoms. The van der Waals surface area contributed by atoms with Crippen molar-refractivity contribution < 1.29 is 9.53 Å². The second-order valence-corrected chi connectivity index (χ2v) is 10.4. The number of ether oxygens (including phenoxy) is 1. The van der Waals surface area contributed by atoms with Crippen LogP contribution in [0.2, 0.25) is 0 Å².